The maximum Gasteiger partial charge on any atom is 0.365 e. The summed E-state index contributed by atoms with van der Waals surface area (Å²) in [4.78, 5) is 10.6. The van der Waals surface area contributed by atoms with Crippen LogP contribution >= 0.6 is 34.8 Å². The number of halogens is 4. The first-order valence-corrected chi connectivity index (χ1v) is 5.78. The normalized spacial score (nSPS) is 12.3. The van der Waals surface area contributed by atoms with Crippen molar-refractivity contribution in [2.45, 2.75) is 13.3 Å². The number of hydrogen-bond donors (Lipinski definition) is 1. The number of carboxylic acid groups (broad SMARTS) is 1. The molecule has 0 bridgehead atoms. The van der Waals surface area contributed by atoms with Gasteiger partial charge in [-0.3, -0.25) is 0 Å². The van der Waals surface area contributed by atoms with E-state index in [-0.39, 0.29) is 27.1 Å². The first-order chi connectivity index (χ1) is 7.88. The molecule has 0 atom stereocenters. The minimum Gasteiger partial charge on any atom is -0.476 e. The van der Waals surface area contributed by atoms with E-state index in [4.69, 9.17) is 39.9 Å². The predicted molar refractivity (Wildman–Crippen MR) is 67.4 cm³/mol. The van der Waals surface area contributed by atoms with Crippen molar-refractivity contribution in [3.05, 3.63) is 38.6 Å². The monoisotopic (exact) mass is 296 g/mol. The third-order valence-electron chi connectivity index (χ3n) is 2.14. The van der Waals surface area contributed by atoms with Gasteiger partial charge in [0.25, 0.3) is 0 Å². The second kappa shape index (κ2) is 5.71. The minimum atomic E-state index is -1.62. The average molecular weight is 298 g/mol. The van der Waals surface area contributed by atoms with Gasteiger partial charge in [-0.05, 0) is 24.1 Å². The predicted octanol–water partition coefficient (Wildman–Crippen LogP) is 4.82. The van der Waals surface area contributed by atoms with E-state index in [2.05, 4.69) is 0 Å². The van der Waals surface area contributed by atoms with Crippen molar-refractivity contribution in [2.75, 3.05) is 0 Å². The molecule has 0 heterocycles. The van der Waals surface area contributed by atoms with Crippen molar-refractivity contribution in [3.8, 4) is 0 Å². The Bertz CT molecular complexity index is 474. The highest BCUT2D eigenvalue weighted by molar-refractivity contribution is 6.48. The van der Waals surface area contributed by atoms with Gasteiger partial charge in [0.2, 0.25) is 5.83 Å². The SMILES string of the molecule is CCC(=C(F)C(=O)O)c1cc(Cl)c(Cl)c(Cl)c1. The van der Waals surface area contributed by atoms with E-state index in [1.807, 2.05) is 0 Å². The van der Waals surface area contributed by atoms with E-state index in [9.17, 15) is 9.18 Å². The molecule has 2 nitrogen and oxygen atoms in total. The van der Waals surface area contributed by atoms with Crippen molar-refractivity contribution in [1.82, 2.24) is 0 Å². The maximum absolute atomic E-state index is 13.4. The van der Waals surface area contributed by atoms with Crippen LogP contribution in [0, 0.1) is 0 Å². The molecule has 0 unspecified atom stereocenters. The average Bonchev–Trinajstić information content (AvgIpc) is 2.26. The van der Waals surface area contributed by atoms with Gasteiger partial charge in [0.1, 0.15) is 0 Å². The Kier molecular flexibility index (Phi) is 4.80. The van der Waals surface area contributed by atoms with Crippen molar-refractivity contribution in [3.63, 3.8) is 0 Å². The summed E-state index contributed by atoms with van der Waals surface area (Å²) in [5.41, 5.74) is 0.338. The number of carboxylic acids is 1. The quantitative estimate of drug-likeness (QED) is 0.641. The number of carbonyl (C=O) groups is 1. The van der Waals surface area contributed by atoms with E-state index in [0.29, 0.717) is 5.56 Å². The maximum atomic E-state index is 13.4. The highest BCUT2D eigenvalue weighted by Gasteiger charge is 2.16. The van der Waals surface area contributed by atoms with Gasteiger partial charge < -0.3 is 5.11 Å². The van der Waals surface area contributed by atoms with Crippen LogP contribution in [-0.4, -0.2) is 11.1 Å². The highest BCUT2D eigenvalue weighted by Crippen LogP contribution is 2.35. The smallest absolute Gasteiger partial charge is 0.365 e. The lowest BCUT2D eigenvalue weighted by atomic mass is 10.0. The van der Waals surface area contributed by atoms with Crippen LogP contribution in [0.1, 0.15) is 18.9 Å². The molecular formula is C11H8Cl3FO2. The Morgan fingerprint density at radius 3 is 2.12 bits per heavy atom. The second-order valence-electron chi connectivity index (χ2n) is 3.21. The zero-order valence-corrected chi connectivity index (χ0v) is 11.0. The molecule has 1 N–H and O–H groups in total. The van der Waals surface area contributed by atoms with Gasteiger partial charge in [-0.2, -0.15) is 4.39 Å². The van der Waals surface area contributed by atoms with E-state index in [1.54, 1.807) is 6.92 Å². The molecule has 0 spiro atoms. The fourth-order valence-corrected chi connectivity index (χ4v) is 1.94. The van der Waals surface area contributed by atoms with Crippen LogP contribution in [0.2, 0.25) is 15.1 Å². The lowest BCUT2D eigenvalue weighted by Crippen LogP contribution is -1.99. The number of rotatable bonds is 3. The van der Waals surface area contributed by atoms with E-state index < -0.39 is 11.8 Å². The van der Waals surface area contributed by atoms with E-state index in [1.165, 1.54) is 12.1 Å². The summed E-state index contributed by atoms with van der Waals surface area (Å²) in [6, 6.07) is 2.77. The van der Waals surface area contributed by atoms with E-state index in [0.717, 1.165) is 0 Å². The van der Waals surface area contributed by atoms with Crippen molar-refractivity contribution >= 4 is 46.3 Å². The Morgan fingerprint density at radius 2 is 1.76 bits per heavy atom. The Balaban J connectivity index is 3.42. The summed E-state index contributed by atoms with van der Waals surface area (Å²) in [5, 5.41) is 9.07. The summed E-state index contributed by atoms with van der Waals surface area (Å²) in [5.74, 6) is -2.84. The molecule has 0 amide bonds. The van der Waals surface area contributed by atoms with Crippen LogP contribution in [0.4, 0.5) is 4.39 Å². The topological polar surface area (TPSA) is 37.3 Å². The molecule has 0 aliphatic carbocycles. The zero-order chi connectivity index (χ0) is 13.2. The number of hydrogen-bond acceptors (Lipinski definition) is 1. The minimum absolute atomic E-state index is 0.0259. The Hall–Kier alpha value is -0.770. The number of allylic oxidation sites excluding steroid dienone is 1. The molecule has 1 rings (SSSR count). The van der Waals surface area contributed by atoms with Crippen LogP contribution in [-0.2, 0) is 4.79 Å². The fraction of sp³-hybridized carbons (Fsp3) is 0.182. The van der Waals surface area contributed by atoms with Crippen molar-refractivity contribution in [2.24, 2.45) is 0 Å². The van der Waals surface area contributed by atoms with Crippen LogP contribution in [0.25, 0.3) is 5.57 Å². The van der Waals surface area contributed by atoms with Crippen LogP contribution in [0.15, 0.2) is 18.0 Å². The third-order valence-corrected chi connectivity index (χ3v) is 3.34. The third kappa shape index (κ3) is 3.12. The molecule has 0 aromatic heterocycles. The second-order valence-corrected chi connectivity index (χ2v) is 4.40. The van der Waals surface area contributed by atoms with E-state index >= 15 is 0 Å². The first-order valence-electron chi connectivity index (χ1n) is 4.65. The standard InChI is InChI=1S/C11H8Cl3FO2/c1-2-6(10(15)11(16)17)5-3-7(12)9(14)8(13)4-5/h3-4H,2H2,1H3,(H,16,17). The van der Waals surface area contributed by atoms with Gasteiger partial charge in [0, 0.05) is 5.57 Å². The summed E-state index contributed by atoms with van der Waals surface area (Å²) in [7, 11) is 0. The number of aliphatic carboxylic acids is 1. The molecule has 92 valence electrons. The molecule has 0 aliphatic heterocycles. The summed E-state index contributed by atoms with van der Waals surface area (Å²) < 4.78 is 13.4. The molecule has 6 heteroatoms. The molecule has 1 aromatic carbocycles. The van der Waals surface area contributed by atoms with Gasteiger partial charge in [-0.1, -0.05) is 41.7 Å². The van der Waals surface area contributed by atoms with Crippen LogP contribution in [0.3, 0.4) is 0 Å². The largest absolute Gasteiger partial charge is 0.476 e. The molecule has 0 radical (unpaired) electrons. The van der Waals surface area contributed by atoms with Gasteiger partial charge in [0.05, 0.1) is 15.1 Å². The fourth-order valence-electron chi connectivity index (χ4n) is 1.34. The van der Waals surface area contributed by atoms with Gasteiger partial charge in [0.15, 0.2) is 0 Å². The molecule has 0 saturated carbocycles. The lowest BCUT2D eigenvalue weighted by Gasteiger charge is -2.08. The van der Waals surface area contributed by atoms with Crippen LogP contribution in [0.5, 0.6) is 0 Å². The van der Waals surface area contributed by atoms with Gasteiger partial charge in [-0.25, -0.2) is 4.79 Å². The molecule has 17 heavy (non-hydrogen) atoms. The number of benzene rings is 1. The Labute approximate surface area is 113 Å². The summed E-state index contributed by atoms with van der Waals surface area (Å²) in [6.07, 6.45) is 0.201. The van der Waals surface area contributed by atoms with Crippen LogP contribution < -0.4 is 0 Å². The van der Waals surface area contributed by atoms with Crippen molar-refractivity contribution < 1.29 is 14.3 Å². The summed E-state index contributed by atoms with van der Waals surface area (Å²) >= 11 is 17.3. The first kappa shape index (κ1) is 14.3. The van der Waals surface area contributed by atoms with Gasteiger partial charge in [-0.15, -0.1) is 0 Å². The molecule has 1 aromatic rings. The molecular weight excluding hydrogens is 289 g/mol. The molecule has 0 fully saturated rings. The molecule has 0 saturated heterocycles. The van der Waals surface area contributed by atoms with Crippen molar-refractivity contribution in [1.29, 1.82) is 0 Å². The zero-order valence-electron chi connectivity index (χ0n) is 8.73. The Morgan fingerprint density at radius 1 is 1.29 bits per heavy atom. The highest BCUT2D eigenvalue weighted by atomic mass is 35.5. The van der Waals surface area contributed by atoms with Gasteiger partial charge >= 0.3 is 5.97 Å². The lowest BCUT2D eigenvalue weighted by molar-refractivity contribution is -0.134. The molecule has 0 aliphatic rings. The summed E-state index contributed by atoms with van der Waals surface area (Å²) in [6.45, 7) is 1.63.